The maximum atomic E-state index is 13.6. The van der Waals surface area contributed by atoms with Gasteiger partial charge in [0.1, 0.15) is 41.6 Å². The lowest BCUT2D eigenvalue weighted by molar-refractivity contribution is -0.156. The lowest BCUT2D eigenvalue weighted by atomic mass is 9.47. The van der Waals surface area contributed by atoms with E-state index in [2.05, 4.69) is 61.6 Å². The first-order valence-corrected chi connectivity index (χ1v) is 30.9. The van der Waals surface area contributed by atoms with Gasteiger partial charge in [-0.2, -0.15) is 0 Å². The largest absolute Gasteiger partial charge is 0.497 e. The molecule has 1 saturated heterocycles. The number of H-pyrrole nitrogens is 1. The number of carbonyl (C=O) groups excluding carboxylic acids is 4. The number of aromatic nitrogens is 2. The Morgan fingerprint density at radius 1 is 0.812 bits per heavy atom. The van der Waals surface area contributed by atoms with Crippen molar-refractivity contribution < 1.29 is 47.6 Å². The minimum Gasteiger partial charge on any atom is -0.497 e. The van der Waals surface area contributed by atoms with Gasteiger partial charge in [0.2, 0.25) is 11.8 Å². The number of aromatic amines is 1. The quantitative estimate of drug-likeness (QED) is 0.0170. The molecule has 0 radical (unpaired) electrons. The van der Waals surface area contributed by atoms with E-state index in [-0.39, 0.29) is 61.9 Å². The number of esters is 1. The molecule has 85 heavy (non-hydrogen) atoms. The zero-order valence-corrected chi connectivity index (χ0v) is 51.0. The van der Waals surface area contributed by atoms with Crippen LogP contribution in [-0.4, -0.2) is 92.7 Å². The molecule has 4 fully saturated rings. The second-order valence-electron chi connectivity index (χ2n) is 25.2. The van der Waals surface area contributed by atoms with E-state index in [1.54, 1.807) is 14.2 Å². The van der Waals surface area contributed by atoms with Crippen LogP contribution in [0, 0.1) is 46.3 Å². The molecule has 1 aliphatic heterocycles. The molecule has 4 aliphatic carbocycles. The Morgan fingerprint density at radius 2 is 1.49 bits per heavy atom. The monoisotopic (exact) mass is 1170 g/mol. The SMILES string of the molecule is CNC(=O)CCC(=O)O[C@@H]1C[C@H](n2cc(/C=C/C(=O)NCCNC(=O)O[C@H]3CC[C@@]4(C)C(=CCC5C4CC[C@@]4(C)C5CC[C@@H]4[C@H](C)CCCC(C)C)C3)c(=O)[nH]c2=O)O[C@@H]1COC(c1ccccc1)(c1ccc(OC)cc1)c1ccc(OC)cc1. The molecule has 458 valence electrons. The van der Waals surface area contributed by atoms with Crippen molar-refractivity contribution in [2.45, 2.75) is 155 Å². The third kappa shape index (κ3) is 14.0. The average Bonchev–Trinajstić information content (AvgIpc) is 2.03. The van der Waals surface area contributed by atoms with Gasteiger partial charge in [-0.15, -0.1) is 0 Å². The van der Waals surface area contributed by atoms with Crippen molar-refractivity contribution in [3.8, 4) is 11.5 Å². The highest BCUT2D eigenvalue weighted by Gasteiger charge is 2.59. The summed E-state index contributed by atoms with van der Waals surface area (Å²) in [6, 6.07) is 24.6. The van der Waals surface area contributed by atoms with Crippen LogP contribution in [0.15, 0.2) is 112 Å². The summed E-state index contributed by atoms with van der Waals surface area (Å²) in [5, 5.41) is 8.03. The lowest BCUT2D eigenvalue weighted by Crippen LogP contribution is -2.51. The van der Waals surface area contributed by atoms with Gasteiger partial charge in [-0.3, -0.25) is 28.7 Å². The molecule has 3 amide bonds. The third-order valence-electron chi connectivity index (χ3n) is 19.9. The number of amides is 3. The van der Waals surface area contributed by atoms with Gasteiger partial charge in [-0.05, 0) is 138 Å². The number of rotatable bonds is 24. The van der Waals surface area contributed by atoms with Crippen LogP contribution in [0.5, 0.6) is 11.5 Å². The first-order valence-electron chi connectivity index (χ1n) is 30.9. The first-order chi connectivity index (χ1) is 40.9. The Bertz CT molecular complexity index is 3090. The fourth-order valence-corrected chi connectivity index (χ4v) is 15.3. The number of nitrogens with zero attached hydrogens (tertiary/aromatic N) is 1. The van der Waals surface area contributed by atoms with Crippen molar-refractivity contribution in [2.75, 3.05) is 41.0 Å². The van der Waals surface area contributed by atoms with Crippen LogP contribution >= 0.6 is 0 Å². The Labute approximate surface area is 500 Å². The average molecular weight is 1170 g/mol. The highest BCUT2D eigenvalue weighted by Crippen LogP contribution is 2.67. The Morgan fingerprint density at radius 3 is 2.16 bits per heavy atom. The molecule has 11 atom stereocenters. The van der Waals surface area contributed by atoms with E-state index in [1.165, 1.54) is 74.4 Å². The topological polar surface area (TPSA) is 215 Å². The van der Waals surface area contributed by atoms with Gasteiger partial charge < -0.3 is 44.4 Å². The van der Waals surface area contributed by atoms with E-state index in [1.807, 2.05) is 78.9 Å². The zero-order chi connectivity index (χ0) is 60.5. The van der Waals surface area contributed by atoms with Crippen LogP contribution in [0.1, 0.15) is 153 Å². The van der Waals surface area contributed by atoms with Crippen LogP contribution in [0.25, 0.3) is 6.08 Å². The van der Waals surface area contributed by atoms with E-state index in [0.29, 0.717) is 22.8 Å². The summed E-state index contributed by atoms with van der Waals surface area (Å²) in [6.45, 7) is 12.4. The van der Waals surface area contributed by atoms with Crippen LogP contribution in [0.2, 0.25) is 0 Å². The molecule has 4 aromatic rings. The van der Waals surface area contributed by atoms with E-state index >= 15 is 0 Å². The minimum absolute atomic E-state index is 0.0279. The van der Waals surface area contributed by atoms with Crippen LogP contribution in [0.3, 0.4) is 0 Å². The number of nitrogens with one attached hydrogen (secondary N) is 4. The third-order valence-corrected chi connectivity index (χ3v) is 19.9. The smallest absolute Gasteiger partial charge is 0.407 e. The van der Waals surface area contributed by atoms with Gasteiger partial charge >= 0.3 is 17.8 Å². The molecule has 2 heterocycles. The van der Waals surface area contributed by atoms with Gasteiger partial charge in [0.25, 0.3) is 5.56 Å². The molecule has 0 bridgehead atoms. The van der Waals surface area contributed by atoms with Crippen molar-refractivity contribution >= 4 is 30.0 Å². The normalized spacial score (nSPS) is 26.5. The summed E-state index contributed by atoms with van der Waals surface area (Å²) in [7, 11) is 4.65. The van der Waals surface area contributed by atoms with Crippen LogP contribution < -0.4 is 36.7 Å². The Hall–Kier alpha value is -6.98. The molecule has 4 N–H and O–H groups in total. The number of benzene rings is 3. The molecule has 17 heteroatoms. The summed E-state index contributed by atoms with van der Waals surface area (Å²) in [4.78, 5) is 80.9. The van der Waals surface area contributed by atoms with Crippen molar-refractivity contribution in [3.05, 3.63) is 146 Å². The van der Waals surface area contributed by atoms with Gasteiger partial charge in [0, 0.05) is 51.7 Å². The van der Waals surface area contributed by atoms with E-state index in [0.717, 1.165) is 78.0 Å². The van der Waals surface area contributed by atoms with Crippen LogP contribution in [0.4, 0.5) is 4.79 Å². The standard InChI is InChI=1S/C68H89N5O12/c1-43(2)13-12-14-44(3)54-28-29-55-53-27-22-49-39-52(33-35-66(49,4)56(53)34-36-67(54,55)5)83-65(79)71-38-37-70-60(75)30-17-45-41-73(64(78)72-63(45)77)61-40-57(85-62(76)32-31-59(74)69-6)58(84-61)42-82-68(46-15-10-9-11-16-46,47-18-23-50(80-7)24-19-47)48-20-25-51(81-8)26-21-48/h9-11,15-26,30,41,43-44,52-58,61H,12-14,27-29,31-40,42H2,1-8H3,(H,69,74)(H,70,75)(H,71,79)(H,72,77,78)/b30-17+/t44-,52+,53?,54-,55?,56?,57-,58-,61-,66+,67-/m1/s1. The molecule has 3 saturated carbocycles. The summed E-state index contributed by atoms with van der Waals surface area (Å²) < 4.78 is 37.9. The molecule has 1 aromatic heterocycles. The molecule has 3 unspecified atom stereocenters. The Kier molecular flexibility index (Phi) is 20.3. The van der Waals surface area contributed by atoms with E-state index in [9.17, 15) is 28.8 Å². The molecule has 9 rings (SSSR count). The fraction of sp³-hybridized carbons (Fsp3) is 0.559. The number of alkyl carbamates (subject to hydrolysis) is 1. The second kappa shape index (κ2) is 27.6. The van der Waals surface area contributed by atoms with E-state index < -0.39 is 53.3 Å². The van der Waals surface area contributed by atoms with Crippen molar-refractivity contribution in [3.63, 3.8) is 0 Å². The number of hydrogen-bond donors (Lipinski definition) is 4. The van der Waals surface area contributed by atoms with Gasteiger partial charge in [0.05, 0.1) is 32.8 Å². The number of allylic oxidation sites excluding steroid dienone is 1. The maximum Gasteiger partial charge on any atom is 0.407 e. The van der Waals surface area contributed by atoms with Crippen molar-refractivity contribution in [1.29, 1.82) is 0 Å². The lowest BCUT2D eigenvalue weighted by Gasteiger charge is -2.58. The fourth-order valence-electron chi connectivity index (χ4n) is 15.3. The molecular formula is C68H89N5O12. The van der Waals surface area contributed by atoms with Crippen molar-refractivity contribution in [1.82, 2.24) is 25.5 Å². The molecule has 3 aromatic carbocycles. The molecule has 5 aliphatic rings. The number of ether oxygens (including phenoxy) is 6. The van der Waals surface area contributed by atoms with E-state index in [4.69, 9.17) is 28.4 Å². The number of carbonyl (C=O) groups is 4. The minimum atomic E-state index is -1.28. The summed E-state index contributed by atoms with van der Waals surface area (Å²) in [5.41, 5.74) is 1.43. The Balaban J connectivity index is 0.814. The van der Waals surface area contributed by atoms with Gasteiger partial charge in [-0.25, -0.2) is 9.59 Å². The first kappa shape index (κ1) is 62.5. The summed E-state index contributed by atoms with van der Waals surface area (Å²) in [5.74, 6) is 4.27. The molecule has 0 spiro atoms. The molecular weight excluding hydrogens is 1080 g/mol. The highest BCUT2D eigenvalue weighted by atomic mass is 16.6. The molecule has 17 nitrogen and oxygen atoms in total. The van der Waals surface area contributed by atoms with Crippen molar-refractivity contribution in [2.24, 2.45) is 46.3 Å². The second-order valence-corrected chi connectivity index (χ2v) is 25.2. The number of fused-ring (bicyclic) bond motifs is 5. The van der Waals surface area contributed by atoms with Crippen LogP contribution in [-0.2, 0) is 38.9 Å². The number of hydrogen-bond acceptors (Lipinski definition) is 12. The summed E-state index contributed by atoms with van der Waals surface area (Å²) >= 11 is 0. The predicted octanol–water partition coefficient (Wildman–Crippen LogP) is 10.6. The van der Waals surface area contributed by atoms with Gasteiger partial charge in [0.15, 0.2) is 0 Å². The predicted molar refractivity (Wildman–Crippen MR) is 325 cm³/mol. The maximum absolute atomic E-state index is 13.6. The highest BCUT2D eigenvalue weighted by molar-refractivity contribution is 5.91. The summed E-state index contributed by atoms with van der Waals surface area (Å²) in [6.07, 6.45) is 15.1. The number of methoxy groups -OCH3 is 2. The van der Waals surface area contributed by atoms with Gasteiger partial charge in [-0.1, -0.05) is 120 Å². The zero-order valence-electron chi connectivity index (χ0n) is 51.0.